The van der Waals surface area contributed by atoms with Crippen LogP contribution in [0.4, 0.5) is 11.4 Å². The monoisotopic (exact) mass is 469 g/mol. The number of para-hydroxylation sites is 2. The summed E-state index contributed by atoms with van der Waals surface area (Å²) in [5.41, 5.74) is 4.75. The molecule has 0 bridgehead atoms. The molecule has 7 heteroatoms. The number of hydrogen-bond acceptors (Lipinski definition) is 5. The number of aromatic amines is 1. The van der Waals surface area contributed by atoms with Gasteiger partial charge in [-0.2, -0.15) is 0 Å². The highest BCUT2D eigenvalue weighted by Gasteiger charge is 2.32. The third kappa shape index (κ3) is 3.99. The van der Waals surface area contributed by atoms with E-state index < -0.39 is 12.1 Å². The lowest BCUT2D eigenvalue weighted by atomic mass is 10.1. The Hall–Kier alpha value is -3.84. The summed E-state index contributed by atoms with van der Waals surface area (Å²) in [5.74, 6) is -0.0994. The second-order valence-electron chi connectivity index (χ2n) is 8.13. The minimum absolute atomic E-state index is 0.299. The fourth-order valence-electron chi connectivity index (χ4n) is 3.85. The van der Waals surface area contributed by atoms with Crippen LogP contribution in [0.1, 0.15) is 28.7 Å². The van der Waals surface area contributed by atoms with Crippen LogP contribution in [-0.4, -0.2) is 27.9 Å². The lowest BCUT2D eigenvalue weighted by Gasteiger charge is -2.32. The van der Waals surface area contributed by atoms with Gasteiger partial charge in [-0.1, -0.05) is 48.2 Å². The van der Waals surface area contributed by atoms with E-state index in [-0.39, 0.29) is 5.91 Å². The SMILES string of the molecule is Cc1nc(-c2ccc(C(=O)OC(C)C(=O)N3c4ccccc4Sc4ccccc43)cc2)[nH]c1C. The molecule has 0 spiro atoms. The highest BCUT2D eigenvalue weighted by atomic mass is 32.2. The van der Waals surface area contributed by atoms with Crippen LogP contribution in [0.5, 0.6) is 0 Å². The second kappa shape index (κ2) is 8.83. The summed E-state index contributed by atoms with van der Waals surface area (Å²) in [6.45, 7) is 5.51. The first-order valence-corrected chi connectivity index (χ1v) is 11.8. The van der Waals surface area contributed by atoms with Gasteiger partial charge in [0.2, 0.25) is 0 Å². The lowest BCUT2D eigenvalue weighted by Crippen LogP contribution is -2.38. The Morgan fingerprint density at radius 2 is 1.50 bits per heavy atom. The molecule has 1 aliphatic heterocycles. The molecule has 1 atom stereocenters. The van der Waals surface area contributed by atoms with Gasteiger partial charge in [0.25, 0.3) is 5.91 Å². The molecule has 4 aromatic rings. The van der Waals surface area contributed by atoms with Gasteiger partial charge in [-0.25, -0.2) is 9.78 Å². The third-order valence-electron chi connectivity index (χ3n) is 5.81. The number of benzene rings is 3. The molecule has 1 N–H and O–H groups in total. The smallest absolute Gasteiger partial charge is 0.338 e. The Labute approximate surface area is 202 Å². The number of H-pyrrole nitrogens is 1. The largest absolute Gasteiger partial charge is 0.449 e. The highest BCUT2D eigenvalue weighted by Crippen LogP contribution is 2.48. The average Bonchev–Trinajstić information content (AvgIpc) is 3.20. The van der Waals surface area contributed by atoms with E-state index in [1.165, 1.54) is 0 Å². The number of fused-ring (bicyclic) bond motifs is 2. The quantitative estimate of drug-likeness (QED) is 0.367. The van der Waals surface area contributed by atoms with E-state index in [4.69, 9.17) is 4.74 Å². The summed E-state index contributed by atoms with van der Waals surface area (Å²) in [6.07, 6.45) is -0.966. The van der Waals surface area contributed by atoms with E-state index in [9.17, 15) is 9.59 Å². The second-order valence-corrected chi connectivity index (χ2v) is 9.22. The summed E-state index contributed by atoms with van der Waals surface area (Å²) in [7, 11) is 0. The number of esters is 1. The van der Waals surface area contributed by atoms with Crippen molar-refractivity contribution in [2.45, 2.75) is 36.7 Å². The van der Waals surface area contributed by atoms with Crippen molar-refractivity contribution in [3.63, 3.8) is 0 Å². The molecule has 170 valence electrons. The van der Waals surface area contributed by atoms with Crippen molar-refractivity contribution in [2.24, 2.45) is 0 Å². The molecule has 0 saturated heterocycles. The number of nitrogens with zero attached hydrogens (tertiary/aromatic N) is 2. The maximum atomic E-state index is 13.5. The maximum Gasteiger partial charge on any atom is 0.338 e. The van der Waals surface area contributed by atoms with Crippen molar-refractivity contribution in [3.05, 3.63) is 89.7 Å². The standard InChI is InChI=1S/C27H23N3O3S/c1-16-17(2)29-25(28-16)19-12-14-20(15-13-19)27(32)33-18(3)26(31)30-21-8-4-6-10-23(21)34-24-11-7-5-9-22(24)30/h4-15,18H,1-3H3,(H,28,29). The van der Waals surface area contributed by atoms with Crippen LogP contribution in [-0.2, 0) is 9.53 Å². The molecule has 6 nitrogen and oxygen atoms in total. The van der Waals surface area contributed by atoms with E-state index in [0.29, 0.717) is 5.56 Å². The number of imidazole rings is 1. The van der Waals surface area contributed by atoms with Crippen LogP contribution in [0.2, 0.25) is 0 Å². The van der Waals surface area contributed by atoms with Crippen LogP contribution in [0, 0.1) is 13.8 Å². The van der Waals surface area contributed by atoms with Gasteiger partial charge in [-0.3, -0.25) is 9.69 Å². The van der Waals surface area contributed by atoms with Crippen LogP contribution in [0.15, 0.2) is 82.6 Å². The Morgan fingerprint density at radius 3 is 2.06 bits per heavy atom. The zero-order valence-electron chi connectivity index (χ0n) is 19.0. The van der Waals surface area contributed by atoms with Crippen LogP contribution in [0.25, 0.3) is 11.4 Å². The Bertz CT molecular complexity index is 1330. The molecule has 0 aliphatic carbocycles. The number of hydrogen-bond donors (Lipinski definition) is 1. The third-order valence-corrected chi connectivity index (χ3v) is 6.94. The molecule has 1 unspecified atom stereocenters. The van der Waals surface area contributed by atoms with Gasteiger partial charge in [-0.05, 0) is 57.2 Å². The number of amides is 1. The van der Waals surface area contributed by atoms with E-state index >= 15 is 0 Å². The molecule has 3 aromatic carbocycles. The summed E-state index contributed by atoms with van der Waals surface area (Å²) >= 11 is 1.62. The van der Waals surface area contributed by atoms with Gasteiger partial charge in [0.05, 0.1) is 22.6 Å². The Kier molecular flexibility index (Phi) is 5.71. The van der Waals surface area contributed by atoms with Crippen LogP contribution < -0.4 is 4.90 Å². The number of aromatic nitrogens is 2. The van der Waals surface area contributed by atoms with Crippen LogP contribution in [0.3, 0.4) is 0 Å². The van der Waals surface area contributed by atoms with Crippen molar-refractivity contribution in [1.82, 2.24) is 9.97 Å². The molecular weight excluding hydrogens is 446 g/mol. The number of ether oxygens (including phenoxy) is 1. The van der Waals surface area contributed by atoms with Gasteiger partial charge in [0.15, 0.2) is 6.10 Å². The predicted molar refractivity (Wildman–Crippen MR) is 133 cm³/mol. The minimum Gasteiger partial charge on any atom is -0.449 e. The fraction of sp³-hybridized carbons (Fsp3) is 0.148. The molecule has 34 heavy (non-hydrogen) atoms. The zero-order chi connectivity index (χ0) is 23.8. The van der Waals surface area contributed by atoms with Crippen molar-refractivity contribution in [2.75, 3.05) is 4.90 Å². The molecular formula is C27H23N3O3S. The zero-order valence-corrected chi connectivity index (χ0v) is 19.8. The molecule has 0 fully saturated rings. The van der Waals surface area contributed by atoms with E-state index in [0.717, 1.165) is 43.9 Å². The number of rotatable bonds is 4. The molecule has 1 aliphatic rings. The molecule has 2 heterocycles. The van der Waals surface area contributed by atoms with Gasteiger partial charge < -0.3 is 9.72 Å². The number of anilines is 2. The number of nitrogens with one attached hydrogen (secondary N) is 1. The first-order chi connectivity index (χ1) is 16.4. The maximum absolute atomic E-state index is 13.5. The van der Waals surface area contributed by atoms with Crippen molar-refractivity contribution >= 4 is 35.0 Å². The highest BCUT2D eigenvalue weighted by molar-refractivity contribution is 7.99. The minimum atomic E-state index is -0.966. The molecule has 0 radical (unpaired) electrons. The first-order valence-electron chi connectivity index (χ1n) is 11.0. The normalized spacial score (nSPS) is 13.1. The molecule has 0 saturated carbocycles. The van der Waals surface area contributed by atoms with Crippen molar-refractivity contribution < 1.29 is 14.3 Å². The Morgan fingerprint density at radius 1 is 0.912 bits per heavy atom. The van der Waals surface area contributed by atoms with E-state index in [1.54, 1.807) is 35.7 Å². The molecule has 1 aromatic heterocycles. The summed E-state index contributed by atoms with van der Waals surface area (Å²) in [4.78, 5) is 37.6. The predicted octanol–water partition coefficient (Wildman–Crippen LogP) is 6.07. The van der Waals surface area contributed by atoms with Crippen LogP contribution >= 0.6 is 11.8 Å². The number of aryl methyl sites for hydroxylation is 2. The average molecular weight is 470 g/mol. The lowest BCUT2D eigenvalue weighted by molar-refractivity contribution is -0.125. The number of carbonyl (C=O) groups excluding carboxylic acids is 2. The fourth-order valence-corrected chi connectivity index (χ4v) is 4.91. The first kappa shape index (κ1) is 22.0. The molecule has 1 amide bonds. The topological polar surface area (TPSA) is 75.3 Å². The van der Waals surface area contributed by atoms with Gasteiger partial charge in [0.1, 0.15) is 5.82 Å². The van der Waals surface area contributed by atoms with E-state index in [1.807, 2.05) is 74.5 Å². The summed E-state index contributed by atoms with van der Waals surface area (Å²) in [5, 5.41) is 0. The van der Waals surface area contributed by atoms with Gasteiger partial charge >= 0.3 is 5.97 Å². The Balaban J connectivity index is 1.35. The van der Waals surface area contributed by atoms with Crippen molar-refractivity contribution in [3.8, 4) is 11.4 Å². The van der Waals surface area contributed by atoms with E-state index in [2.05, 4.69) is 9.97 Å². The van der Waals surface area contributed by atoms with Crippen molar-refractivity contribution in [1.29, 1.82) is 0 Å². The molecule has 5 rings (SSSR count). The van der Waals surface area contributed by atoms with Gasteiger partial charge in [0, 0.05) is 21.0 Å². The summed E-state index contributed by atoms with van der Waals surface area (Å²) < 4.78 is 5.59. The van der Waals surface area contributed by atoms with Gasteiger partial charge in [-0.15, -0.1) is 0 Å². The summed E-state index contributed by atoms with van der Waals surface area (Å²) in [6, 6.07) is 22.5. The number of carbonyl (C=O) groups is 2.